The van der Waals surface area contributed by atoms with Crippen molar-refractivity contribution in [3.8, 4) is 6.01 Å². The van der Waals surface area contributed by atoms with E-state index in [1.807, 2.05) is 0 Å². The highest BCUT2D eigenvalue weighted by Gasteiger charge is 2.24. The summed E-state index contributed by atoms with van der Waals surface area (Å²) in [6.07, 6.45) is 19.7. The van der Waals surface area contributed by atoms with E-state index in [4.69, 9.17) is 33.7 Å². The van der Waals surface area contributed by atoms with Crippen molar-refractivity contribution in [2.24, 2.45) is 0 Å². The monoisotopic (exact) mass is 919 g/mol. The van der Waals surface area contributed by atoms with Crippen LogP contribution in [0.1, 0.15) is 158 Å². The Hall–Kier alpha value is -4.31. The van der Waals surface area contributed by atoms with E-state index in [2.05, 4.69) is 34.1 Å². The van der Waals surface area contributed by atoms with Gasteiger partial charge in [0.15, 0.2) is 17.6 Å². The number of hydrogen-bond acceptors (Lipinski definition) is 14. The van der Waals surface area contributed by atoms with E-state index in [0.717, 1.165) is 44.9 Å². The number of carbonyl (C=O) groups excluding carboxylic acids is 3. The largest absolute Gasteiger partial charge is 0.462 e. The number of amides is 1. The van der Waals surface area contributed by atoms with Gasteiger partial charge >= 0.3 is 31.2 Å². The highest BCUT2D eigenvalue weighted by molar-refractivity contribution is 7.52. The summed E-state index contributed by atoms with van der Waals surface area (Å²) in [7, 11) is -2.13. The molecule has 2 heterocycles. The molecule has 0 aliphatic carbocycles. The molecule has 2 unspecified atom stereocenters. The molecule has 3 aromatic rings. The number of H-pyrrole nitrogens is 1. The number of nitrogens with two attached hydrogens (primary N) is 1. The zero-order chi connectivity index (χ0) is 46.4. The minimum absolute atomic E-state index is 0.0126. The summed E-state index contributed by atoms with van der Waals surface area (Å²) in [6, 6.07) is 6.66. The average Bonchev–Trinajstić information content (AvgIpc) is 3.59. The fourth-order valence-corrected chi connectivity index (χ4v) is 7.85. The molecular formula is C46H75N6O11P. The second kappa shape index (κ2) is 31.5. The summed E-state index contributed by atoms with van der Waals surface area (Å²) < 4.78 is 47.3. The number of methoxy groups -OCH3 is 1. The predicted octanol–water partition coefficient (Wildman–Crippen LogP) is 8.66. The molecule has 0 aliphatic heterocycles. The van der Waals surface area contributed by atoms with Gasteiger partial charge in [-0.05, 0) is 30.5 Å². The Kier molecular flexibility index (Phi) is 26.6. The molecule has 17 nitrogen and oxygen atoms in total. The fraction of sp³-hybridized carbons (Fsp3) is 0.696. The van der Waals surface area contributed by atoms with Crippen molar-refractivity contribution in [1.29, 1.82) is 0 Å². The third kappa shape index (κ3) is 22.1. The van der Waals surface area contributed by atoms with Gasteiger partial charge in [-0.25, -0.2) is 4.79 Å². The first kappa shape index (κ1) is 54.0. The van der Waals surface area contributed by atoms with Crippen molar-refractivity contribution in [3.63, 3.8) is 0 Å². The first-order valence-electron chi connectivity index (χ1n) is 23.4. The maximum Gasteiger partial charge on any atom is 0.328 e. The molecule has 64 heavy (non-hydrogen) atoms. The molecule has 0 bridgehead atoms. The SMILES string of the molecule is CCCCCCCCCCCC(=O)OCC(COP(C)(=O)OCCNC(=O)c1ccc(Cn2c(=O)[nH]c3c(N)nc(OCCOC)nc32)cc1)OC(=O)CCCCCCCCCCC. The van der Waals surface area contributed by atoms with Crippen molar-refractivity contribution in [2.45, 2.75) is 155 Å². The van der Waals surface area contributed by atoms with E-state index in [1.165, 1.54) is 82.5 Å². The number of imidazole rings is 1. The molecule has 0 saturated heterocycles. The number of rotatable bonds is 37. The molecule has 3 rings (SSSR count). The number of hydrogen-bond donors (Lipinski definition) is 3. The van der Waals surface area contributed by atoms with E-state index in [-0.39, 0.29) is 81.3 Å². The molecule has 2 atom stereocenters. The van der Waals surface area contributed by atoms with Gasteiger partial charge < -0.3 is 44.0 Å². The molecule has 0 saturated carbocycles. The number of nitrogen functional groups attached to an aromatic ring is 1. The van der Waals surface area contributed by atoms with Crippen LogP contribution in [-0.2, 0) is 44.0 Å². The number of aromatic amines is 1. The summed E-state index contributed by atoms with van der Waals surface area (Å²) in [6.45, 7) is 5.74. The average molecular weight is 919 g/mol. The van der Waals surface area contributed by atoms with Crippen LogP contribution in [-0.4, -0.2) is 96.8 Å². The van der Waals surface area contributed by atoms with E-state index in [0.29, 0.717) is 24.2 Å². The van der Waals surface area contributed by atoms with Crippen molar-refractivity contribution in [3.05, 3.63) is 45.9 Å². The topological polar surface area (TPSA) is 225 Å². The van der Waals surface area contributed by atoms with Crippen LogP contribution in [0.3, 0.4) is 0 Å². The Morgan fingerprint density at radius 2 is 1.34 bits per heavy atom. The zero-order valence-electron chi connectivity index (χ0n) is 38.8. The lowest BCUT2D eigenvalue weighted by Gasteiger charge is -2.21. The van der Waals surface area contributed by atoms with Gasteiger partial charge in [0.25, 0.3) is 5.91 Å². The van der Waals surface area contributed by atoms with Crippen LogP contribution >= 0.6 is 7.60 Å². The van der Waals surface area contributed by atoms with Gasteiger partial charge in [-0.2, -0.15) is 9.97 Å². The van der Waals surface area contributed by atoms with Crippen molar-refractivity contribution in [2.75, 3.05) is 59.1 Å². The van der Waals surface area contributed by atoms with E-state index in [9.17, 15) is 23.7 Å². The summed E-state index contributed by atoms with van der Waals surface area (Å²) in [4.78, 5) is 62.2. The fourth-order valence-electron chi connectivity index (χ4n) is 6.92. The van der Waals surface area contributed by atoms with E-state index in [1.54, 1.807) is 24.3 Å². The molecule has 2 aromatic heterocycles. The highest BCUT2D eigenvalue weighted by atomic mass is 31.2. The molecule has 4 N–H and O–H groups in total. The molecular weight excluding hydrogens is 844 g/mol. The van der Waals surface area contributed by atoms with Crippen molar-refractivity contribution in [1.82, 2.24) is 24.8 Å². The van der Waals surface area contributed by atoms with Crippen LogP contribution < -0.4 is 21.5 Å². The Labute approximate surface area is 379 Å². The molecule has 1 aromatic carbocycles. The lowest BCUT2D eigenvalue weighted by molar-refractivity contribution is -0.161. The maximum atomic E-state index is 13.2. The van der Waals surface area contributed by atoms with Crippen LogP contribution in [0.5, 0.6) is 6.01 Å². The van der Waals surface area contributed by atoms with Crippen LogP contribution in [0, 0.1) is 0 Å². The number of benzene rings is 1. The number of aromatic nitrogens is 4. The smallest absolute Gasteiger partial charge is 0.328 e. The molecule has 0 spiro atoms. The van der Waals surface area contributed by atoms with E-state index < -0.39 is 31.3 Å². The second-order valence-corrected chi connectivity index (χ2v) is 18.3. The van der Waals surface area contributed by atoms with Crippen LogP contribution in [0.2, 0.25) is 0 Å². The highest BCUT2D eigenvalue weighted by Crippen LogP contribution is 2.43. The second-order valence-electron chi connectivity index (χ2n) is 16.3. The zero-order valence-corrected chi connectivity index (χ0v) is 39.7. The molecule has 0 radical (unpaired) electrons. The van der Waals surface area contributed by atoms with Gasteiger partial charge in [0, 0.05) is 38.7 Å². The normalized spacial score (nSPS) is 12.8. The number of anilines is 1. The first-order valence-corrected chi connectivity index (χ1v) is 25.4. The lowest BCUT2D eigenvalue weighted by atomic mass is 10.1. The Morgan fingerprint density at radius 3 is 1.94 bits per heavy atom. The number of nitrogens with zero attached hydrogens (tertiary/aromatic N) is 3. The third-order valence-corrected chi connectivity index (χ3v) is 11.9. The Bertz CT molecular complexity index is 1900. The Balaban J connectivity index is 1.44. The molecule has 18 heteroatoms. The number of fused-ring (bicyclic) bond motifs is 1. The van der Waals surface area contributed by atoms with Gasteiger partial charge in [0.05, 0.1) is 26.4 Å². The lowest BCUT2D eigenvalue weighted by Crippen LogP contribution is -2.30. The maximum absolute atomic E-state index is 13.2. The minimum atomic E-state index is -3.67. The number of carbonyl (C=O) groups is 3. The van der Waals surface area contributed by atoms with E-state index >= 15 is 0 Å². The molecule has 0 aliphatic rings. The van der Waals surface area contributed by atoms with Crippen molar-refractivity contribution < 1.29 is 46.9 Å². The Morgan fingerprint density at radius 1 is 0.766 bits per heavy atom. The van der Waals surface area contributed by atoms with Gasteiger partial charge in [-0.3, -0.25) is 23.5 Å². The molecule has 360 valence electrons. The van der Waals surface area contributed by atoms with Gasteiger partial charge in [-0.15, -0.1) is 0 Å². The molecule has 0 fully saturated rings. The summed E-state index contributed by atoms with van der Waals surface area (Å²) in [5.41, 5.74) is 7.23. The summed E-state index contributed by atoms with van der Waals surface area (Å²) in [5, 5.41) is 2.73. The first-order chi connectivity index (χ1) is 31.0. The van der Waals surface area contributed by atoms with Gasteiger partial charge in [0.1, 0.15) is 18.7 Å². The standard InChI is InChI=1S/C46H75N6O11P/c1-5-7-9-11-13-15-17-19-21-23-39(53)60-34-38(63-40(54)24-22-20-18-16-14-12-10-8-6-2)35-62-64(4,57)61-30-29-48-44(55)37-27-25-36(26-28-37)33-52-43-41(49-46(52)56)42(47)50-45(51-43)59-32-31-58-3/h25-28,38H,5-24,29-35H2,1-4H3,(H,48,55)(H,49,56)(H2,47,50,51). The number of ether oxygens (including phenoxy) is 4. The number of esters is 2. The predicted molar refractivity (Wildman–Crippen MR) is 248 cm³/mol. The number of unbranched alkanes of at least 4 members (excludes halogenated alkanes) is 16. The molecule has 1 amide bonds. The van der Waals surface area contributed by atoms with Crippen molar-refractivity contribution >= 4 is 42.4 Å². The minimum Gasteiger partial charge on any atom is -0.462 e. The summed E-state index contributed by atoms with van der Waals surface area (Å²) >= 11 is 0. The summed E-state index contributed by atoms with van der Waals surface area (Å²) in [5.74, 6) is -1.14. The third-order valence-electron chi connectivity index (χ3n) is 10.6. The van der Waals surface area contributed by atoms with Crippen LogP contribution in [0.25, 0.3) is 11.2 Å². The quantitative estimate of drug-likeness (QED) is 0.0280. The van der Waals surface area contributed by atoms with Crippen LogP contribution in [0.15, 0.2) is 29.1 Å². The van der Waals surface area contributed by atoms with Crippen LogP contribution in [0.4, 0.5) is 5.82 Å². The van der Waals surface area contributed by atoms with Gasteiger partial charge in [0.2, 0.25) is 0 Å². The van der Waals surface area contributed by atoms with Gasteiger partial charge in [-0.1, -0.05) is 129 Å². The number of nitrogens with one attached hydrogen (secondary N) is 2.